The lowest BCUT2D eigenvalue weighted by atomic mass is 9.80. The number of hydrogen-bond donors (Lipinski definition) is 1. The van der Waals surface area contributed by atoms with Crippen LogP contribution in [-0.2, 0) is 4.79 Å². The monoisotopic (exact) mass is 224 g/mol. The van der Waals surface area contributed by atoms with Gasteiger partial charge in [0, 0.05) is 19.6 Å². The number of halogens is 3. The fourth-order valence-electron chi connectivity index (χ4n) is 1.73. The highest BCUT2D eigenvalue weighted by Crippen LogP contribution is 2.27. The molecule has 3 nitrogen and oxygen atoms in total. The van der Waals surface area contributed by atoms with Gasteiger partial charge in [-0.15, -0.1) is 0 Å². The molecule has 15 heavy (non-hydrogen) atoms. The molecule has 0 aliphatic heterocycles. The Morgan fingerprint density at radius 3 is 2.40 bits per heavy atom. The van der Waals surface area contributed by atoms with Gasteiger partial charge in [0.2, 0.25) is 5.91 Å². The zero-order valence-corrected chi connectivity index (χ0v) is 8.55. The Bertz CT molecular complexity index is 236. The average molecular weight is 224 g/mol. The van der Waals surface area contributed by atoms with Gasteiger partial charge in [-0.25, -0.2) is 0 Å². The molecule has 1 aliphatic carbocycles. The van der Waals surface area contributed by atoms with Crippen molar-refractivity contribution in [3.63, 3.8) is 0 Å². The number of rotatable bonds is 3. The van der Waals surface area contributed by atoms with Gasteiger partial charge < -0.3 is 10.6 Å². The highest BCUT2D eigenvalue weighted by molar-refractivity contribution is 5.76. The normalized spacial score (nSPS) is 25.9. The minimum Gasteiger partial charge on any atom is -0.345 e. The first-order valence-corrected chi connectivity index (χ1v) is 4.84. The fraction of sp³-hybridized carbons (Fsp3) is 0.889. The predicted octanol–water partition coefficient (Wildman–Crippen LogP) is 1.13. The van der Waals surface area contributed by atoms with E-state index in [1.165, 1.54) is 7.05 Å². The van der Waals surface area contributed by atoms with Gasteiger partial charge in [-0.2, -0.15) is 13.2 Å². The molecule has 0 aromatic heterocycles. The molecule has 88 valence electrons. The van der Waals surface area contributed by atoms with Crippen LogP contribution >= 0.6 is 0 Å². The predicted molar refractivity (Wildman–Crippen MR) is 49.0 cm³/mol. The lowest BCUT2D eigenvalue weighted by Crippen LogP contribution is -2.43. The number of carbonyl (C=O) groups is 1. The molecule has 1 aliphatic rings. The van der Waals surface area contributed by atoms with Gasteiger partial charge in [0.15, 0.2) is 0 Å². The van der Waals surface area contributed by atoms with Crippen LogP contribution in [0.1, 0.15) is 19.3 Å². The van der Waals surface area contributed by atoms with Crippen molar-refractivity contribution < 1.29 is 18.0 Å². The molecule has 1 amide bonds. The quantitative estimate of drug-likeness (QED) is 0.781. The number of carbonyl (C=O) groups excluding carboxylic acids is 1. The van der Waals surface area contributed by atoms with Gasteiger partial charge in [-0.1, -0.05) is 0 Å². The van der Waals surface area contributed by atoms with Crippen molar-refractivity contribution in [1.82, 2.24) is 4.90 Å². The summed E-state index contributed by atoms with van der Waals surface area (Å²) in [6.45, 7) is 0.378. The third-order valence-electron chi connectivity index (χ3n) is 2.58. The van der Waals surface area contributed by atoms with Gasteiger partial charge in [0.1, 0.15) is 6.42 Å². The van der Waals surface area contributed by atoms with E-state index in [9.17, 15) is 18.0 Å². The summed E-state index contributed by atoms with van der Waals surface area (Å²) in [5.41, 5.74) is 5.54. The van der Waals surface area contributed by atoms with Crippen LogP contribution < -0.4 is 5.73 Å². The summed E-state index contributed by atoms with van der Waals surface area (Å²) in [5.74, 6) is -0.606. The molecule has 1 saturated carbocycles. The van der Waals surface area contributed by atoms with Crippen LogP contribution in [-0.4, -0.2) is 36.6 Å². The highest BCUT2D eigenvalue weighted by Gasteiger charge is 2.34. The average Bonchev–Trinajstić information content (AvgIpc) is 1.98. The Morgan fingerprint density at radius 2 is 2.00 bits per heavy atom. The maximum absolute atomic E-state index is 11.9. The van der Waals surface area contributed by atoms with Gasteiger partial charge in [0.05, 0.1) is 0 Å². The molecule has 1 fully saturated rings. The van der Waals surface area contributed by atoms with Crippen LogP contribution in [0.25, 0.3) is 0 Å². The van der Waals surface area contributed by atoms with Crippen molar-refractivity contribution in [3.8, 4) is 0 Å². The molecule has 1 rings (SSSR count). The first-order chi connectivity index (χ1) is 6.78. The third kappa shape index (κ3) is 4.07. The van der Waals surface area contributed by atoms with E-state index in [2.05, 4.69) is 0 Å². The summed E-state index contributed by atoms with van der Waals surface area (Å²) < 4.78 is 35.7. The summed E-state index contributed by atoms with van der Waals surface area (Å²) in [6, 6.07) is 0.154. The summed E-state index contributed by atoms with van der Waals surface area (Å²) in [7, 11) is 1.40. The van der Waals surface area contributed by atoms with Gasteiger partial charge in [-0.3, -0.25) is 4.79 Å². The third-order valence-corrected chi connectivity index (χ3v) is 2.58. The van der Waals surface area contributed by atoms with Crippen LogP contribution in [0.2, 0.25) is 0 Å². The fourth-order valence-corrected chi connectivity index (χ4v) is 1.73. The van der Waals surface area contributed by atoms with Crippen molar-refractivity contribution in [2.75, 3.05) is 13.6 Å². The molecule has 0 spiro atoms. The van der Waals surface area contributed by atoms with E-state index in [1.54, 1.807) is 0 Å². The Balaban J connectivity index is 2.27. The molecular formula is C9H15F3N2O. The first-order valence-electron chi connectivity index (χ1n) is 4.84. The molecule has 0 heterocycles. The molecule has 2 N–H and O–H groups in total. The maximum Gasteiger partial charge on any atom is 0.397 e. The molecule has 6 heteroatoms. The summed E-state index contributed by atoms with van der Waals surface area (Å²) in [5, 5.41) is 0. The Kier molecular flexibility index (Phi) is 3.59. The molecule has 0 bridgehead atoms. The van der Waals surface area contributed by atoms with Crippen molar-refractivity contribution >= 4 is 5.91 Å². The minimum atomic E-state index is -4.42. The number of alkyl halides is 3. The van der Waals surface area contributed by atoms with E-state index in [0.717, 1.165) is 17.7 Å². The first kappa shape index (κ1) is 12.3. The maximum atomic E-state index is 11.9. The molecular weight excluding hydrogens is 209 g/mol. The Labute approximate surface area is 86.4 Å². The summed E-state index contributed by atoms with van der Waals surface area (Å²) >= 11 is 0. The standard InChI is InChI=1S/C9H15F3N2O/c1-14(5-6-2-7(13)3-6)8(15)4-9(10,11)12/h6-7H,2-5,13H2,1H3. The Morgan fingerprint density at radius 1 is 1.47 bits per heavy atom. The molecule has 0 atom stereocenters. The number of hydrogen-bond acceptors (Lipinski definition) is 2. The number of nitrogens with two attached hydrogens (primary N) is 1. The molecule has 0 unspecified atom stereocenters. The van der Waals surface area contributed by atoms with Crippen LogP contribution in [0, 0.1) is 5.92 Å². The smallest absolute Gasteiger partial charge is 0.345 e. The summed E-state index contributed by atoms with van der Waals surface area (Å²) in [4.78, 5) is 12.2. The lowest BCUT2D eigenvalue weighted by molar-refractivity contribution is -0.161. The molecule has 0 aromatic carbocycles. The minimum absolute atomic E-state index is 0.154. The second kappa shape index (κ2) is 4.38. The SMILES string of the molecule is CN(CC1CC(N)C1)C(=O)CC(F)(F)F. The largest absolute Gasteiger partial charge is 0.397 e. The highest BCUT2D eigenvalue weighted by atomic mass is 19.4. The zero-order chi connectivity index (χ0) is 11.6. The van der Waals surface area contributed by atoms with Gasteiger partial charge in [-0.05, 0) is 18.8 Å². The van der Waals surface area contributed by atoms with Crippen LogP contribution in [0.3, 0.4) is 0 Å². The second-order valence-electron chi connectivity index (χ2n) is 4.16. The molecule has 0 saturated heterocycles. The topological polar surface area (TPSA) is 46.3 Å². The van der Waals surface area contributed by atoms with Crippen LogP contribution in [0.15, 0.2) is 0 Å². The van der Waals surface area contributed by atoms with E-state index in [1.807, 2.05) is 0 Å². The number of amides is 1. The van der Waals surface area contributed by atoms with E-state index >= 15 is 0 Å². The van der Waals surface area contributed by atoms with Crippen LogP contribution in [0.4, 0.5) is 13.2 Å². The number of nitrogens with zero attached hydrogens (tertiary/aromatic N) is 1. The lowest BCUT2D eigenvalue weighted by Gasteiger charge is -2.35. The Hall–Kier alpha value is -0.780. The van der Waals surface area contributed by atoms with Crippen molar-refractivity contribution in [2.45, 2.75) is 31.5 Å². The van der Waals surface area contributed by atoms with Gasteiger partial charge >= 0.3 is 6.18 Å². The summed E-state index contributed by atoms with van der Waals surface area (Å²) in [6.07, 6.45) is -4.20. The zero-order valence-electron chi connectivity index (χ0n) is 8.55. The van der Waals surface area contributed by atoms with Crippen molar-refractivity contribution in [2.24, 2.45) is 11.7 Å². The molecule has 0 aromatic rings. The van der Waals surface area contributed by atoms with Crippen molar-refractivity contribution in [3.05, 3.63) is 0 Å². The van der Waals surface area contributed by atoms with E-state index in [4.69, 9.17) is 5.73 Å². The van der Waals surface area contributed by atoms with E-state index < -0.39 is 18.5 Å². The van der Waals surface area contributed by atoms with Crippen LogP contribution in [0.5, 0.6) is 0 Å². The van der Waals surface area contributed by atoms with E-state index in [0.29, 0.717) is 6.54 Å². The van der Waals surface area contributed by atoms with Crippen molar-refractivity contribution in [1.29, 1.82) is 0 Å². The molecule has 0 radical (unpaired) electrons. The van der Waals surface area contributed by atoms with E-state index in [-0.39, 0.29) is 12.0 Å². The second-order valence-corrected chi connectivity index (χ2v) is 4.16. The van der Waals surface area contributed by atoms with Gasteiger partial charge in [0.25, 0.3) is 0 Å².